The Hall–Kier alpha value is -2.73. The molecule has 1 N–H and O–H groups in total. The van der Waals surface area contributed by atoms with Crippen LogP contribution >= 0.6 is 0 Å². The van der Waals surface area contributed by atoms with Crippen LogP contribution in [0.2, 0.25) is 0 Å². The minimum absolute atomic E-state index is 0.251. The lowest BCUT2D eigenvalue weighted by atomic mass is 10.1. The third kappa shape index (κ3) is 3.00. The van der Waals surface area contributed by atoms with Crippen molar-refractivity contribution in [2.24, 2.45) is 0 Å². The van der Waals surface area contributed by atoms with Gasteiger partial charge in [0.2, 0.25) is 0 Å². The summed E-state index contributed by atoms with van der Waals surface area (Å²) in [5.41, 5.74) is 1.39. The SMILES string of the molecule is CN1CCN(c2cc3c(=O)[nH]c(-c4ccccc4)nc3cc2F)CC1. The lowest BCUT2D eigenvalue weighted by Gasteiger charge is -2.34. The largest absolute Gasteiger partial charge is 0.367 e. The quantitative estimate of drug-likeness (QED) is 0.780. The normalized spacial score (nSPS) is 15.7. The monoisotopic (exact) mass is 338 g/mol. The summed E-state index contributed by atoms with van der Waals surface area (Å²) in [4.78, 5) is 24.0. The fourth-order valence-electron chi connectivity index (χ4n) is 3.17. The van der Waals surface area contributed by atoms with Gasteiger partial charge in [-0.25, -0.2) is 9.37 Å². The zero-order valence-corrected chi connectivity index (χ0v) is 14.0. The highest BCUT2D eigenvalue weighted by molar-refractivity contribution is 5.83. The molecule has 2 heterocycles. The number of H-pyrrole nitrogens is 1. The third-order valence-corrected chi connectivity index (χ3v) is 4.67. The highest BCUT2D eigenvalue weighted by Crippen LogP contribution is 2.25. The van der Waals surface area contributed by atoms with Crippen molar-refractivity contribution in [2.45, 2.75) is 0 Å². The first-order valence-corrected chi connectivity index (χ1v) is 8.34. The van der Waals surface area contributed by atoms with Gasteiger partial charge >= 0.3 is 0 Å². The number of hydrogen-bond acceptors (Lipinski definition) is 4. The molecule has 0 spiro atoms. The van der Waals surface area contributed by atoms with E-state index in [1.165, 1.54) is 6.07 Å². The number of anilines is 1. The molecular formula is C19H19FN4O. The number of halogens is 1. The first kappa shape index (κ1) is 15.8. The lowest BCUT2D eigenvalue weighted by Crippen LogP contribution is -2.44. The van der Waals surface area contributed by atoms with Crippen molar-refractivity contribution >= 4 is 16.6 Å². The van der Waals surface area contributed by atoms with E-state index in [-0.39, 0.29) is 11.4 Å². The van der Waals surface area contributed by atoms with E-state index >= 15 is 0 Å². The zero-order chi connectivity index (χ0) is 17.4. The summed E-state index contributed by atoms with van der Waals surface area (Å²) in [6.07, 6.45) is 0. The molecule has 0 radical (unpaired) electrons. The van der Waals surface area contributed by atoms with Crippen LogP contribution in [0.1, 0.15) is 0 Å². The summed E-state index contributed by atoms with van der Waals surface area (Å²) in [6.45, 7) is 3.23. The van der Waals surface area contributed by atoms with Crippen LogP contribution < -0.4 is 10.5 Å². The van der Waals surface area contributed by atoms with Gasteiger partial charge in [-0.05, 0) is 13.1 Å². The predicted molar refractivity (Wildman–Crippen MR) is 97.5 cm³/mol. The summed E-state index contributed by atoms with van der Waals surface area (Å²) in [6, 6.07) is 12.3. The molecular weight excluding hydrogens is 319 g/mol. The van der Waals surface area contributed by atoms with E-state index in [9.17, 15) is 9.18 Å². The molecule has 0 atom stereocenters. The molecule has 4 rings (SSSR count). The van der Waals surface area contributed by atoms with Gasteiger partial charge in [-0.15, -0.1) is 0 Å². The Morgan fingerprint density at radius 1 is 1.08 bits per heavy atom. The Morgan fingerprint density at radius 2 is 1.80 bits per heavy atom. The topological polar surface area (TPSA) is 52.2 Å². The second kappa shape index (κ2) is 6.29. The van der Waals surface area contributed by atoms with Crippen molar-refractivity contribution in [1.82, 2.24) is 14.9 Å². The molecule has 1 aliphatic heterocycles. The van der Waals surface area contributed by atoms with Crippen LogP contribution in [-0.4, -0.2) is 48.1 Å². The van der Waals surface area contributed by atoms with Gasteiger partial charge in [0.15, 0.2) is 0 Å². The summed E-state index contributed by atoms with van der Waals surface area (Å²) >= 11 is 0. The molecule has 1 aliphatic rings. The minimum atomic E-state index is -0.339. The van der Waals surface area contributed by atoms with Crippen molar-refractivity contribution in [3.8, 4) is 11.4 Å². The van der Waals surface area contributed by atoms with Gasteiger partial charge in [-0.3, -0.25) is 4.79 Å². The average Bonchev–Trinajstić information content (AvgIpc) is 2.63. The molecule has 2 aromatic carbocycles. The van der Waals surface area contributed by atoms with Crippen LogP contribution in [-0.2, 0) is 0 Å². The average molecular weight is 338 g/mol. The van der Waals surface area contributed by atoms with Gasteiger partial charge in [0.1, 0.15) is 11.6 Å². The summed E-state index contributed by atoms with van der Waals surface area (Å²) in [7, 11) is 2.05. The Bertz CT molecular complexity index is 962. The van der Waals surface area contributed by atoms with Crippen LogP contribution in [0.5, 0.6) is 0 Å². The Balaban J connectivity index is 1.79. The van der Waals surface area contributed by atoms with Crippen molar-refractivity contribution in [3.05, 3.63) is 58.6 Å². The van der Waals surface area contributed by atoms with E-state index in [1.54, 1.807) is 6.07 Å². The van der Waals surface area contributed by atoms with Crippen LogP contribution in [0.3, 0.4) is 0 Å². The number of piperazine rings is 1. The summed E-state index contributed by atoms with van der Waals surface area (Å²) < 4.78 is 14.7. The number of nitrogens with zero attached hydrogens (tertiary/aromatic N) is 3. The molecule has 3 aromatic rings. The number of likely N-dealkylation sites (N-methyl/N-ethyl adjacent to an activating group) is 1. The van der Waals surface area contributed by atoms with Crippen LogP contribution in [0.4, 0.5) is 10.1 Å². The van der Waals surface area contributed by atoms with Gasteiger partial charge in [0, 0.05) is 37.8 Å². The molecule has 0 aliphatic carbocycles. The van der Waals surface area contributed by atoms with Gasteiger partial charge < -0.3 is 14.8 Å². The van der Waals surface area contributed by atoms with E-state index in [2.05, 4.69) is 14.9 Å². The first-order chi connectivity index (χ1) is 12.1. The van der Waals surface area contributed by atoms with E-state index in [4.69, 9.17) is 0 Å². The van der Waals surface area contributed by atoms with Gasteiger partial charge in [0.05, 0.1) is 16.6 Å². The number of aromatic nitrogens is 2. The Morgan fingerprint density at radius 3 is 2.52 bits per heavy atom. The molecule has 6 heteroatoms. The Labute approximate surface area is 144 Å². The van der Waals surface area contributed by atoms with Crippen molar-refractivity contribution in [2.75, 3.05) is 38.1 Å². The number of aromatic amines is 1. The smallest absolute Gasteiger partial charge is 0.259 e. The van der Waals surface area contributed by atoms with Gasteiger partial charge in [-0.1, -0.05) is 30.3 Å². The Kier molecular flexibility index (Phi) is 3.97. The lowest BCUT2D eigenvalue weighted by molar-refractivity contribution is 0.312. The number of hydrogen-bond donors (Lipinski definition) is 1. The highest BCUT2D eigenvalue weighted by atomic mass is 19.1. The molecule has 1 aromatic heterocycles. The number of fused-ring (bicyclic) bond motifs is 1. The van der Waals surface area contributed by atoms with E-state index in [0.29, 0.717) is 22.4 Å². The van der Waals surface area contributed by atoms with Crippen molar-refractivity contribution < 1.29 is 4.39 Å². The summed E-state index contributed by atoms with van der Waals surface area (Å²) in [5, 5.41) is 0.412. The molecule has 5 nitrogen and oxygen atoms in total. The highest BCUT2D eigenvalue weighted by Gasteiger charge is 2.19. The molecule has 1 fully saturated rings. The van der Waals surface area contributed by atoms with E-state index in [1.807, 2.05) is 42.3 Å². The number of rotatable bonds is 2. The van der Waals surface area contributed by atoms with Crippen molar-refractivity contribution in [1.29, 1.82) is 0 Å². The molecule has 0 saturated carbocycles. The molecule has 25 heavy (non-hydrogen) atoms. The molecule has 0 bridgehead atoms. The second-order valence-electron chi connectivity index (χ2n) is 6.39. The third-order valence-electron chi connectivity index (χ3n) is 4.67. The number of nitrogens with one attached hydrogen (secondary N) is 1. The zero-order valence-electron chi connectivity index (χ0n) is 14.0. The molecule has 0 amide bonds. The molecule has 1 saturated heterocycles. The predicted octanol–water partition coefficient (Wildman–Crippen LogP) is 2.48. The molecule has 128 valence electrons. The van der Waals surface area contributed by atoms with Gasteiger partial charge in [-0.2, -0.15) is 0 Å². The fraction of sp³-hybridized carbons (Fsp3) is 0.263. The standard InChI is InChI=1S/C19H19FN4O/c1-23-7-9-24(10-8-23)17-11-14-16(12-15(17)20)21-18(22-19(14)25)13-5-3-2-4-6-13/h2-6,11-12H,7-10H2,1H3,(H,21,22,25). The first-order valence-electron chi connectivity index (χ1n) is 8.34. The van der Waals surface area contributed by atoms with E-state index in [0.717, 1.165) is 31.7 Å². The van der Waals surface area contributed by atoms with Gasteiger partial charge in [0.25, 0.3) is 5.56 Å². The molecule has 0 unspecified atom stereocenters. The van der Waals surface area contributed by atoms with Crippen LogP contribution in [0.25, 0.3) is 22.3 Å². The van der Waals surface area contributed by atoms with Crippen molar-refractivity contribution in [3.63, 3.8) is 0 Å². The van der Waals surface area contributed by atoms with Crippen LogP contribution in [0, 0.1) is 5.82 Å². The minimum Gasteiger partial charge on any atom is -0.367 e. The summed E-state index contributed by atoms with van der Waals surface area (Å²) in [5.74, 6) is 0.110. The van der Waals surface area contributed by atoms with Crippen LogP contribution in [0.15, 0.2) is 47.3 Å². The maximum atomic E-state index is 14.7. The maximum Gasteiger partial charge on any atom is 0.259 e. The number of benzene rings is 2. The fourth-order valence-corrected chi connectivity index (χ4v) is 3.17. The van der Waals surface area contributed by atoms with E-state index < -0.39 is 0 Å². The second-order valence-corrected chi connectivity index (χ2v) is 6.39. The maximum absolute atomic E-state index is 14.7.